The molecule has 2 atom stereocenters. The zero-order chi connectivity index (χ0) is 10.3. The van der Waals surface area contributed by atoms with Gasteiger partial charge in [0, 0.05) is 21.9 Å². The van der Waals surface area contributed by atoms with Crippen LogP contribution in [0, 0.1) is 0 Å². The Balaban J connectivity index is 2.04. The molecule has 1 N–H and O–H groups in total. The third-order valence-electron chi connectivity index (χ3n) is 3.43. The van der Waals surface area contributed by atoms with Gasteiger partial charge in [-0.3, -0.25) is 0 Å². The average molecular weight is 264 g/mol. The highest BCUT2D eigenvalue weighted by atomic mass is 79.9. The van der Waals surface area contributed by atoms with Gasteiger partial charge in [-0.15, -0.1) is 0 Å². The molecule has 1 aromatic carbocycles. The summed E-state index contributed by atoms with van der Waals surface area (Å²) in [6, 6.07) is 8.59. The first kappa shape index (κ1) is 9.46. The lowest BCUT2D eigenvalue weighted by Crippen LogP contribution is -1.92. The van der Waals surface area contributed by atoms with Crippen molar-refractivity contribution in [3.05, 3.63) is 36.0 Å². The largest absolute Gasteiger partial charge is 0.361 e. The van der Waals surface area contributed by atoms with Crippen molar-refractivity contribution in [2.45, 2.75) is 30.0 Å². The fourth-order valence-electron chi connectivity index (χ4n) is 2.64. The van der Waals surface area contributed by atoms with E-state index >= 15 is 0 Å². The van der Waals surface area contributed by atoms with E-state index in [9.17, 15) is 0 Å². The summed E-state index contributed by atoms with van der Waals surface area (Å²) in [4.78, 5) is 4.08. The molecule has 3 rings (SSSR count). The van der Waals surface area contributed by atoms with Gasteiger partial charge in [0.05, 0.1) is 0 Å². The summed E-state index contributed by atoms with van der Waals surface area (Å²) in [6.07, 6.45) is 6.10. The highest BCUT2D eigenvalue weighted by Crippen LogP contribution is 2.40. The third kappa shape index (κ3) is 1.61. The summed E-state index contributed by atoms with van der Waals surface area (Å²) in [5.74, 6) is 0.741. The SMILES string of the molecule is BrC1CCC(c2c[nH]c3ccccc23)C1. The topological polar surface area (TPSA) is 15.8 Å². The molecule has 0 aliphatic heterocycles. The number of halogens is 1. The van der Waals surface area contributed by atoms with Crippen LogP contribution in [0.2, 0.25) is 0 Å². The molecule has 1 saturated carbocycles. The Kier molecular flexibility index (Phi) is 2.32. The average Bonchev–Trinajstić information content (AvgIpc) is 2.83. The molecule has 0 spiro atoms. The molecule has 2 unspecified atom stereocenters. The molecule has 2 aromatic rings. The first-order valence-corrected chi connectivity index (χ1v) is 6.46. The van der Waals surface area contributed by atoms with Crippen molar-refractivity contribution in [1.29, 1.82) is 0 Å². The van der Waals surface area contributed by atoms with Crippen molar-refractivity contribution >= 4 is 26.8 Å². The van der Waals surface area contributed by atoms with E-state index in [0.717, 1.165) is 10.7 Å². The standard InChI is InChI=1S/C13H14BrN/c14-10-6-5-9(7-10)12-8-15-13-4-2-1-3-11(12)13/h1-4,8-10,15H,5-7H2. The smallest absolute Gasteiger partial charge is 0.0456 e. The van der Waals surface area contributed by atoms with Gasteiger partial charge in [-0.1, -0.05) is 34.1 Å². The van der Waals surface area contributed by atoms with E-state index in [-0.39, 0.29) is 0 Å². The predicted molar refractivity (Wildman–Crippen MR) is 67.6 cm³/mol. The van der Waals surface area contributed by atoms with E-state index in [1.54, 1.807) is 0 Å². The predicted octanol–water partition coefficient (Wildman–Crippen LogP) is 4.20. The summed E-state index contributed by atoms with van der Waals surface area (Å²) in [5.41, 5.74) is 2.78. The monoisotopic (exact) mass is 263 g/mol. The molecule has 0 bridgehead atoms. The van der Waals surface area contributed by atoms with E-state index in [4.69, 9.17) is 0 Å². The first-order chi connectivity index (χ1) is 7.34. The molecule has 0 saturated heterocycles. The van der Waals surface area contributed by atoms with Crippen molar-refractivity contribution in [3.63, 3.8) is 0 Å². The van der Waals surface area contributed by atoms with Crippen LogP contribution in [0.1, 0.15) is 30.7 Å². The molecule has 1 aliphatic carbocycles. The lowest BCUT2D eigenvalue weighted by molar-refractivity contribution is 0.731. The van der Waals surface area contributed by atoms with Crippen LogP contribution in [0.25, 0.3) is 10.9 Å². The molecule has 78 valence electrons. The number of hydrogen-bond acceptors (Lipinski definition) is 0. The van der Waals surface area contributed by atoms with Crippen molar-refractivity contribution in [2.75, 3.05) is 0 Å². The summed E-state index contributed by atoms with van der Waals surface area (Å²) in [7, 11) is 0. The molecule has 0 radical (unpaired) electrons. The highest BCUT2D eigenvalue weighted by Gasteiger charge is 2.25. The van der Waals surface area contributed by atoms with Gasteiger partial charge in [0.15, 0.2) is 0 Å². The van der Waals surface area contributed by atoms with Gasteiger partial charge in [0.25, 0.3) is 0 Å². The quantitative estimate of drug-likeness (QED) is 0.743. The van der Waals surface area contributed by atoms with E-state index in [1.807, 2.05) is 0 Å². The van der Waals surface area contributed by atoms with Gasteiger partial charge < -0.3 is 4.98 Å². The maximum Gasteiger partial charge on any atom is 0.0456 e. The molecule has 15 heavy (non-hydrogen) atoms. The zero-order valence-electron chi connectivity index (χ0n) is 8.54. The van der Waals surface area contributed by atoms with E-state index in [1.165, 1.54) is 35.7 Å². The first-order valence-electron chi connectivity index (χ1n) is 5.54. The van der Waals surface area contributed by atoms with Crippen molar-refractivity contribution in [1.82, 2.24) is 4.98 Å². The Morgan fingerprint density at radius 3 is 2.87 bits per heavy atom. The molecular weight excluding hydrogens is 250 g/mol. The molecule has 1 aliphatic rings. The number of rotatable bonds is 1. The van der Waals surface area contributed by atoms with Crippen LogP contribution in [-0.2, 0) is 0 Å². The molecule has 1 fully saturated rings. The second-order valence-corrected chi connectivity index (χ2v) is 5.69. The number of benzene rings is 1. The van der Waals surface area contributed by atoms with Crippen LogP contribution >= 0.6 is 15.9 Å². The Morgan fingerprint density at radius 1 is 1.20 bits per heavy atom. The fraction of sp³-hybridized carbons (Fsp3) is 0.385. The van der Waals surface area contributed by atoms with Crippen molar-refractivity contribution in [3.8, 4) is 0 Å². The second kappa shape index (κ2) is 3.67. The minimum Gasteiger partial charge on any atom is -0.361 e. The maximum atomic E-state index is 3.72. The van der Waals surface area contributed by atoms with Crippen LogP contribution < -0.4 is 0 Å². The van der Waals surface area contributed by atoms with Gasteiger partial charge in [-0.05, 0) is 36.8 Å². The maximum absolute atomic E-state index is 3.72. The van der Waals surface area contributed by atoms with Crippen LogP contribution in [-0.4, -0.2) is 9.81 Å². The number of fused-ring (bicyclic) bond motifs is 1. The van der Waals surface area contributed by atoms with Gasteiger partial charge in [0.2, 0.25) is 0 Å². The minimum absolute atomic E-state index is 0.719. The number of alkyl halides is 1. The highest BCUT2D eigenvalue weighted by molar-refractivity contribution is 9.09. The minimum atomic E-state index is 0.719. The Labute approximate surface area is 98.0 Å². The Bertz CT molecular complexity index is 474. The number of para-hydroxylation sites is 1. The summed E-state index contributed by atoms with van der Waals surface area (Å²) in [6.45, 7) is 0. The molecule has 1 nitrogen and oxygen atoms in total. The van der Waals surface area contributed by atoms with E-state index in [2.05, 4.69) is 51.4 Å². The fourth-order valence-corrected chi connectivity index (χ4v) is 3.36. The number of aromatic nitrogens is 1. The molecule has 1 heterocycles. The second-order valence-electron chi connectivity index (χ2n) is 4.40. The molecule has 2 heteroatoms. The third-order valence-corrected chi connectivity index (χ3v) is 4.26. The number of H-pyrrole nitrogens is 1. The van der Waals surface area contributed by atoms with Gasteiger partial charge in [-0.25, -0.2) is 0 Å². The number of nitrogens with one attached hydrogen (secondary N) is 1. The summed E-state index contributed by atoms with van der Waals surface area (Å²) >= 11 is 3.72. The van der Waals surface area contributed by atoms with Crippen LogP contribution in [0.4, 0.5) is 0 Å². The molecule has 1 aromatic heterocycles. The van der Waals surface area contributed by atoms with E-state index in [0.29, 0.717) is 0 Å². The van der Waals surface area contributed by atoms with E-state index < -0.39 is 0 Å². The number of hydrogen-bond donors (Lipinski definition) is 1. The van der Waals surface area contributed by atoms with Crippen molar-refractivity contribution in [2.24, 2.45) is 0 Å². The van der Waals surface area contributed by atoms with Crippen LogP contribution in [0.15, 0.2) is 30.5 Å². The van der Waals surface area contributed by atoms with Crippen LogP contribution in [0.5, 0.6) is 0 Å². The lowest BCUT2D eigenvalue weighted by Gasteiger charge is -2.07. The lowest BCUT2D eigenvalue weighted by atomic mass is 9.97. The Hall–Kier alpha value is -0.760. The van der Waals surface area contributed by atoms with Crippen LogP contribution in [0.3, 0.4) is 0 Å². The normalized spacial score (nSPS) is 26.2. The van der Waals surface area contributed by atoms with Crippen molar-refractivity contribution < 1.29 is 0 Å². The molecule has 0 amide bonds. The van der Waals surface area contributed by atoms with Gasteiger partial charge in [-0.2, -0.15) is 0 Å². The van der Waals surface area contributed by atoms with Gasteiger partial charge in [0.1, 0.15) is 0 Å². The summed E-state index contributed by atoms with van der Waals surface area (Å²) in [5, 5.41) is 1.41. The Morgan fingerprint density at radius 2 is 2.07 bits per heavy atom. The van der Waals surface area contributed by atoms with Gasteiger partial charge >= 0.3 is 0 Å². The molecular formula is C13H14BrN. The summed E-state index contributed by atoms with van der Waals surface area (Å²) < 4.78 is 0. The zero-order valence-corrected chi connectivity index (χ0v) is 10.1. The number of aromatic amines is 1.